The zero-order chi connectivity index (χ0) is 20.9. The zero-order valence-electron chi connectivity index (χ0n) is 17.3. The first-order valence-corrected chi connectivity index (χ1v) is 10.4. The molecule has 0 radical (unpaired) electrons. The molecule has 4 rings (SSSR count). The van der Waals surface area contributed by atoms with Gasteiger partial charge in [0.05, 0.1) is 19.3 Å². The number of para-hydroxylation sites is 1. The van der Waals surface area contributed by atoms with Gasteiger partial charge in [-0.2, -0.15) is 0 Å². The fourth-order valence-electron chi connectivity index (χ4n) is 3.79. The Morgan fingerprint density at radius 1 is 0.900 bits per heavy atom. The summed E-state index contributed by atoms with van der Waals surface area (Å²) in [4.78, 5) is 0. The Morgan fingerprint density at radius 2 is 1.63 bits per heavy atom. The fraction of sp³-hybridized carbons (Fsp3) is 0.280. The van der Waals surface area contributed by atoms with E-state index in [0.717, 1.165) is 35.6 Å². The molecule has 156 valence electrons. The SMILES string of the molecule is CCOc1cc2c(cc1OCC)[C@H](c1ccc(F)c(Oc3ccccc3)c1)NCC2. The van der Waals surface area contributed by atoms with E-state index >= 15 is 0 Å². The second kappa shape index (κ2) is 9.18. The molecule has 1 atom stereocenters. The van der Waals surface area contributed by atoms with Crippen LogP contribution in [0.15, 0.2) is 60.7 Å². The average molecular weight is 407 g/mol. The summed E-state index contributed by atoms with van der Waals surface area (Å²) in [6.07, 6.45) is 0.896. The van der Waals surface area contributed by atoms with E-state index < -0.39 is 0 Å². The van der Waals surface area contributed by atoms with Crippen LogP contribution in [-0.2, 0) is 6.42 Å². The summed E-state index contributed by atoms with van der Waals surface area (Å²) >= 11 is 0. The minimum atomic E-state index is -0.389. The Kier molecular flexibility index (Phi) is 6.19. The van der Waals surface area contributed by atoms with E-state index in [4.69, 9.17) is 14.2 Å². The van der Waals surface area contributed by atoms with Crippen LogP contribution in [0.1, 0.15) is 36.6 Å². The van der Waals surface area contributed by atoms with Gasteiger partial charge in [0.2, 0.25) is 0 Å². The van der Waals surface area contributed by atoms with Crippen molar-refractivity contribution >= 4 is 0 Å². The predicted octanol–water partition coefficient (Wildman–Crippen LogP) is 5.65. The number of halogens is 1. The molecule has 0 saturated heterocycles. The summed E-state index contributed by atoms with van der Waals surface area (Å²) in [6.45, 7) is 5.88. The number of hydrogen-bond acceptors (Lipinski definition) is 4. The van der Waals surface area contributed by atoms with Crippen molar-refractivity contribution in [3.8, 4) is 23.0 Å². The van der Waals surface area contributed by atoms with Crippen molar-refractivity contribution in [2.24, 2.45) is 0 Å². The summed E-state index contributed by atoms with van der Waals surface area (Å²) in [7, 11) is 0. The molecule has 3 aromatic rings. The minimum Gasteiger partial charge on any atom is -0.490 e. The van der Waals surface area contributed by atoms with Gasteiger partial charge in [0.25, 0.3) is 0 Å². The normalized spacial score (nSPS) is 15.4. The molecule has 30 heavy (non-hydrogen) atoms. The molecule has 3 aromatic carbocycles. The van der Waals surface area contributed by atoms with E-state index in [1.54, 1.807) is 12.1 Å². The lowest BCUT2D eigenvalue weighted by Gasteiger charge is -2.29. The highest BCUT2D eigenvalue weighted by Gasteiger charge is 2.25. The van der Waals surface area contributed by atoms with Crippen LogP contribution in [-0.4, -0.2) is 19.8 Å². The highest BCUT2D eigenvalue weighted by atomic mass is 19.1. The standard InChI is InChI=1S/C25H26FNO3/c1-3-28-23-14-17-12-13-27-25(20(17)16-24(23)29-4-2)18-10-11-21(26)22(15-18)30-19-8-6-5-7-9-19/h5-11,14-16,25,27H,3-4,12-13H2,1-2H3/t25-/m0/s1. The van der Waals surface area contributed by atoms with E-state index in [0.29, 0.717) is 19.0 Å². The third kappa shape index (κ3) is 4.26. The Bertz CT molecular complexity index is 1010. The van der Waals surface area contributed by atoms with Crippen LogP contribution < -0.4 is 19.5 Å². The molecule has 1 aliphatic heterocycles. The van der Waals surface area contributed by atoms with Crippen molar-refractivity contribution in [2.45, 2.75) is 26.3 Å². The number of nitrogens with one attached hydrogen (secondary N) is 1. The molecule has 0 aromatic heterocycles. The van der Waals surface area contributed by atoms with Crippen molar-refractivity contribution < 1.29 is 18.6 Å². The number of benzene rings is 3. The van der Waals surface area contributed by atoms with Gasteiger partial charge in [0, 0.05) is 6.54 Å². The van der Waals surface area contributed by atoms with Gasteiger partial charge in [-0.15, -0.1) is 0 Å². The molecule has 5 heteroatoms. The van der Waals surface area contributed by atoms with Crippen molar-refractivity contribution in [1.29, 1.82) is 0 Å². The highest BCUT2D eigenvalue weighted by molar-refractivity contribution is 5.52. The quantitative estimate of drug-likeness (QED) is 0.549. The Balaban J connectivity index is 1.70. The Hall–Kier alpha value is -3.05. The Morgan fingerprint density at radius 3 is 2.37 bits per heavy atom. The van der Waals surface area contributed by atoms with Gasteiger partial charge in [0.1, 0.15) is 5.75 Å². The van der Waals surface area contributed by atoms with Crippen molar-refractivity contribution in [3.05, 3.63) is 83.2 Å². The number of fused-ring (bicyclic) bond motifs is 1. The molecular weight excluding hydrogens is 381 g/mol. The molecule has 1 N–H and O–H groups in total. The van der Waals surface area contributed by atoms with Gasteiger partial charge in [0.15, 0.2) is 23.1 Å². The van der Waals surface area contributed by atoms with Gasteiger partial charge in [-0.25, -0.2) is 4.39 Å². The number of rotatable bonds is 7. The fourth-order valence-corrected chi connectivity index (χ4v) is 3.79. The predicted molar refractivity (Wildman–Crippen MR) is 115 cm³/mol. The lowest BCUT2D eigenvalue weighted by atomic mass is 9.89. The topological polar surface area (TPSA) is 39.7 Å². The van der Waals surface area contributed by atoms with Gasteiger partial charge < -0.3 is 19.5 Å². The molecule has 0 spiro atoms. The van der Waals surface area contributed by atoms with Crippen molar-refractivity contribution in [3.63, 3.8) is 0 Å². The van der Waals surface area contributed by atoms with Gasteiger partial charge in [-0.05, 0) is 73.4 Å². The van der Waals surface area contributed by atoms with Crippen LogP contribution >= 0.6 is 0 Å². The molecule has 0 aliphatic carbocycles. The summed E-state index contributed by atoms with van der Waals surface area (Å²) in [5, 5.41) is 3.55. The Labute approximate surface area is 176 Å². The molecular formula is C25H26FNO3. The van der Waals surface area contributed by atoms with Gasteiger partial charge in [-0.3, -0.25) is 0 Å². The first-order valence-electron chi connectivity index (χ1n) is 10.4. The van der Waals surface area contributed by atoms with Crippen molar-refractivity contribution in [1.82, 2.24) is 5.32 Å². The maximum absolute atomic E-state index is 14.4. The van der Waals surface area contributed by atoms with E-state index in [9.17, 15) is 4.39 Å². The van der Waals surface area contributed by atoms with Crippen LogP contribution in [0, 0.1) is 5.82 Å². The van der Waals surface area contributed by atoms with Crippen LogP contribution in [0.5, 0.6) is 23.0 Å². The van der Waals surface area contributed by atoms with Crippen molar-refractivity contribution in [2.75, 3.05) is 19.8 Å². The molecule has 1 aliphatic rings. The third-order valence-corrected chi connectivity index (χ3v) is 5.12. The van der Waals surface area contributed by atoms with Crippen LogP contribution in [0.2, 0.25) is 0 Å². The molecule has 0 unspecified atom stereocenters. The summed E-state index contributed by atoms with van der Waals surface area (Å²) in [6, 6.07) is 18.3. The highest BCUT2D eigenvalue weighted by Crippen LogP contribution is 2.39. The van der Waals surface area contributed by atoms with Crippen LogP contribution in [0.3, 0.4) is 0 Å². The number of hydrogen-bond donors (Lipinski definition) is 1. The maximum Gasteiger partial charge on any atom is 0.165 e. The lowest BCUT2D eigenvalue weighted by molar-refractivity contribution is 0.286. The second-order valence-corrected chi connectivity index (χ2v) is 7.11. The smallest absolute Gasteiger partial charge is 0.165 e. The summed E-state index contributed by atoms with van der Waals surface area (Å²) in [5.74, 6) is 1.93. The van der Waals surface area contributed by atoms with Crippen LogP contribution in [0.4, 0.5) is 4.39 Å². The molecule has 4 nitrogen and oxygen atoms in total. The van der Waals surface area contributed by atoms with E-state index in [2.05, 4.69) is 11.4 Å². The molecule has 0 amide bonds. The monoisotopic (exact) mass is 407 g/mol. The van der Waals surface area contributed by atoms with E-state index in [1.807, 2.05) is 50.2 Å². The van der Waals surface area contributed by atoms with E-state index in [-0.39, 0.29) is 17.6 Å². The average Bonchev–Trinajstić information content (AvgIpc) is 2.76. The summed E-state index contributed by atoms with van der Waals surface area (Å²) in [5.41, 5.74) is 3.26. The second-order valence-electron chi connectivity index (χ2n) is 7.11. The molecule has 1 heterocycles. The number of ether oxygens (including phenoxy) is 3. The maximum atomic E-state index is 14.4. The minimum absolute atomic E-state index is 0.0812. The molecule has 0 bridgehead atoms. The van der Waals surface area contributed by atoms with E-state index in [1.165, 1.54) is 11.6 Å². The third-order valence-electron chi connectivity index (χ3n) is 5.12. The zero-order valence-corrected chi connectivity index (χ0v) is 17.3. The first kappa shape index (κ1) is 20.2. The first-order chi connectivity index (χ1) is 14.7. The summed E-state index contributed by atoms with van der Waals surface area (Å²) < 4.78 is 31.8. The lowest BCUT2D eigenvalue weighted by Crippen LogP contribution is -2.30. The van der Waals surface area contributed by atoms with Gasteiger partial charge in [-0.1, -0.05) is 24.3 Å². The van der Waals surface area contributed by atoms with Gasteiger partial charge >= 0.3 is 0 Å². The van der Waals surface area contributed by atoms with Crippen LogP contribution in [0.25, 0.3) is 0 Å². The molecule has 0 fully saturated rings. The largest absolute Gasteiger partial charge is 0.490 e. The molecule has 0 saturated carbocycles.